The molecule has 1 heterocycles. The molecule has 0 aliphatic rings. The molecule has 4 heteroatoms. The first-order valence-corrected chi connectivity index (χ1v) is 6.68. The second-order valence-electron chi connectivity index (χ2n) is 5.20. The summed E-state index contributed by atoms with van der Waals surface area (Å²) in [5.74, 6) is 0.629. The molecule has 1 aromatic heterocycles. The molecule has 0 amide bonds. The molecular weight excluding hydrogens is 253 g/mol. The van der Waals surface area contributed by atoms with Gasteiger partial charge in [-0.2, -0.15) is 0 Å². The number of aryl methyl sites for hydroxylation is 1. The molecule has 0 aliphatic heterocycles. The van der Waals surface area contributed by atoms with Gasteiger partial charge in [-0.25, -0.2) is 9.37 Å². The van der Waals surface area contributed by atoms with Gasteiger partial charge in [-0.05, 0) is 55.7 Å². The normalized spacial score (nSPS) is 12.2. The monoisotopic (exact) mass is 273 g/mol. The van der Waals surface area contributed by atoms with Crippen molar-refractivity contribution in [2.24, 2.45) is 5.73 Å². The largest absolute Gasteiger partial charge is 0.329 e. The molecule has 1 atom stereocenters. The van der Waals surface area contributed by atoms with E-state index in [1.807, 2.05) is 32.0 Å². The zero-order valence-electron chi connectivity index (χ0n) is 12.1. The predicted octanol–water partition coefficient (Wildman–Crippen LogP) is 3.19. The van der Waals surface area contributed by atoms with E-state index in [0.717, 1.165) is 29.1 Å². The van der Waals surface area contributed by atoms with Crippen LogP contribution in [0.25, 0.3) is 0 Å². The van der Waals surface area contributed by atoms with Crippen LogP contribution >= 0.6 is 0 Å². The van der Waals surface area contributed by atoms with Crippen LogP contribution < -0.4 is 10.6 Å². The lowest BCUT2D eigenvalue weighted by molar-refractivity contribution is 0.628. The van der Waals surface area contributed by atoms with Gasteiger partial charge in [0, 0.05) is 25.0 Å². The standard InChI is InChI=1S/C16H20FN3/c1-11-8-13(9-12(2)18)10-19-16(11)20(3)15-6-4-14(17)5-7-15/h4-8,10,12H,9,18H2,1-3H3. The molecule has 1 unspecified atom stereocenters. The van der Waals surface area contributed by atoms with Crippen molar-refractivity contribution in [3.8, 4) is 0 Å². The first-order chi connectivity index (χ1) is 9.47. The van der Waals surface area contributed by atoms with Crippen molar-refractivity contribution in [3.05, 3.63) is 53.5 Å². The average Bonchev–Trinajstić information content (AvgIpc) is 2.38. The Labute approximate surface area is 119 Å². The zero-order valence-corrected chi connectivity index (χ0v) is 12.1. The summed E-state index contributed by atoms with van der Waals surface area (Å²) in [7, 11) is 1.92. The van der Waals surface area contributed by atoms with Crippen LogP contribution in [0, 0.1) is 12.7 Å². The van der Waals surface area contributed by atoms with Crippen molar-refractivity contribution >= 4 is 11.5 Å². The summed E-state index contributed by atoms with van der Waals surface area (Å²) in [5, 5.41) is 0. The molecule has 106 valence electrons. The van der Waals surface area contributed by atoms with Crippen molar-refractivity contribution in [1.29, 1.82) is 0 Å². The first-order valence-electron chi connectivity index (χ1n) is 6.68. The number of benzene rings is 1. The first kappa shape index (κ1) is 14.5. The van der Waals surface area contributed by atoms with Crippen LogP contribution in [0.15, 0.2) is 36.5 Å². The number of rotatable bonds is 4. The van der Waals surface area contributed by atoms with Gasteiger partial charge in [0.1, 0.15) is 11.6 Å². The zero-order chi connectivity index (χ0) is 14.7. The van der Waals surface area contributed by atoms with E-state index in [0.29, 0.717) is 0 Å². The molecule has 2 rings (SSSR count). The van der Waals surface area contributed by atoms with Crippen LogP contribution in [0.2, 0.25) is 0 Å². The molecule has 0 aliphatic carbocycles. The van der Waals surface area contributed by atoms with Gasteiger partial charge >= 0.3 is 0 Å². The highest BCUT2D eigenvalue weighted by Crippen LogP contribution is 2.25. The maximum atomic E-state index is 13.0. The lowest BCUT2D eigenvalue weighted by atomic mass is 10.1. The number of anilines is 2. The van der Waals surface area contributed by atoms with Crippen molar-refractivity contribution < 1.29 is 4.39 Å². The highest BCUT2D eigenvalue weighted by atomic mass is 19.1. The predicted molar refractivity (Wildman–Crippen MR) is 80.8 cm³/mol. The number of halogens is 1. The molecule has 0 saturated carbocycles. The highest BCUT2D eigenvalue weighted by Gasteiger charge is 2.10. The molecule has 0 fully saturated rings. The van der Waals surface area contributed by atoms with Crippen molar-refractivity contribution in [1.82, 2.24) is 4.98 Å². The van der Waals surface area contributed by atoms with Gasteiger partial charge in [-0.15, -0.1) is 0 Å². The van der Waals surface area contributed by atoms with E-state index in [1.165, 1.54) is 12.1 Å². The topological polar surface area (TPSA) is 42.1 Å². The van der Waals surface area contributed by atoms with E-state index in [4.69, 9.17) is 5.73 Å². The van der Waals surface area contributed by atoms with Gasteiger partial charge < -0.3 is 10.6 Å². The molecule has 0 radical (unpaired) electrons. The van der Waals surface area contributed by atoms with Crippen LogP contribution in [0.5, 0.6) is 0 Å². The molecule has 2 aromatic rings. The molecule has 0 spiro atoms. The van der Waals surface area contributed by atoms with E-state index in [9.17, 15) is 4.39 Å². The summed E-state index contributed by atoms with van der Waals surface area (Å²) in [5.41, 5.74) is 8.92. The van der Waals surface area contributed by atoms with Gasteiger partial charge in [0.05, 0.1) is 0 Å². The maximum Gasteiger partial charge on any atom is 0.135 e. The summed E-state index contributed by atoms with van der Waals surface area (Å²) < 4.78 is 13.0. The van der Waals surface area contributed by atoms with Crippen LogP contribution in [0.4, 0.5) is 15.9 Å². The quantitative estimate of drug-likeness (QED) is 0.930. The second kappa shape index (κ2) is 6.01. The van der Waals surface area contributed by atoms with Crippen molar-refractivity contribution in [2.75, 3.05) is 11.9 Å². The molecular formula is C16H20FN3. The number of aromatic nitrogens is 1. The summed E-state index contributed by atoms with van der Waals surface area (Å²) in [6, 6.07) is 8.61. The Morgan fingerprint density at radius 3 is 2.50 bits per heavy atom. The van der Waals surface area contributed by atoms with Gasteiger partial charge in [-0.1, -0.05) is 6.07 Å². The van der Waals surface area contributed by atoms with Gasteiger partial charge in [0.15, 0.2) is 0 Å². The Morgan fingerprint density at radius 1 is 1.30 bits per heavy atom. The minimum atomic E-state index is -0.237. The lowest BCUT2D eigenvalue weighted by Gasteiger charge is -2.21. The summed E-state index contributed by atoms with van der Waals surface area (Å²) in [6.07, 6.45) is 2.67. The Balaban J connectivity index is 2.26. The van der Waals surface area contributed by atoms with Gasteiger partial charge in [0.2, 0.25) is 0 Å². The summed E-state index contributed by atoms with van der Waals surface area (Å²) in [6.45, 7) is 4.00. The van der Waals surface area contributed by atoms with E-state index < -0.39 is 0 Å². The fourth-order valence-corrected chi connectivity index (χ4v) is 2.25. The Kier molecular flexibility index (Phi) is 4.35. The fraction of sp³-hybridized carbons (Fsp3) is 0.312. The minimum Gasteiger partial charge on any atom is -0.329 e. The van der Waals surface area contributed by atoms with Crippen LogP contribution in [-0.4, -0.2) is 18.1 Å². The minimum absolute atomic E-state index is 0.122. The fourth-order valence-electron chi connectivity index (χ4n) is 2.25. The molecule has 0 bridgehead atoms. The second-order valence-corrected chi connectivity index (χ2v) is 5.20. The molecule has 2 N–H and O–H groups in total. The number of nitrogens with zero attached hydrogens (tertiary/aromatic N) is 2. The smallest absolute Gasteiger partial charge is 0.135 e. The summed E-state index contributed by atoms with van der Waals surface area (Å²) >= 11 is 0. The van der Waals surface area contributed by atoms with E-state index in [1.54, 1.807) is 12.1 Å². The SMILES string of the molecule is Cc1cc(CC(C)N)cnc1N(C)c1ccc(F)cc1. The van der Waals surface area contributed by atoms with Crippen molar-refractivity contribution in [2.45, 2.75) is 26.3 Å². The third kappa shape index (κ3) is 3.33. The third-order valence-electron chi connectivity index (χ3n) is 3.20. The Morgan fingerprint density at radius 2 is 1.95 bits per heavy atom. The number of hydrogen-bond acceptors (Lipinski definition) is 3. The molecule has 1 aromatic carbocycles. The Hall–Kier alpha value is -1.94. The number of pyridine rings is 1. The van der Waals surface area contributed by atoms with Gasteiger partial charge in [-0.3, -0.25) is 0 Å². The van der Waals surface area contributed by atoms with E-state index >= 15 is 0 Å². The number of nitrogens with two attached hydrogens (primary N) is 1. The highest BCUT2D eigenvalue weighted by molar-refractivity contribution is 5.62. The Bertz CT molecular complexity index is 579. The van der Waals surface area contributed by atoms with Crippen LogP contribution in [0.3, 0.4) is 0 Å². The van der Waals surface area contributed by atoms with Crippen molar-refractivity contribution in [3.63, 3.8) is 0 Å². The van der Waals surface area contributed by atoms with Crippen LogP contribution in [0.1, 0.15) is 18.1 Å². The average molecular weight is 273 g/mol. The van der Waals surface area contributed by atoms with Crippen LogP contribution in [-0.2, 0) is 6.42 Å². The molecule has 0 saturated heterocycles. The molecule has 20 heavy (non-hydrogen) atoms. The van der Waals surface area contributed by atoms with E-state index in [2.05, 4.69) is 11.1 Å². The molecule has 3 nitrogen and oxygen atoms in total. The van der Waals surface area contributed by atoms with Gasteiger partial charge in [0.25, 0.3) is 0 Å². The maximum absolute atomic E-state index is 13.0. The van der Waals surface area contributed by atoms with E-state index in [-0.39, 0.29) is 11.9 Å². The third-order valence-corrected chi connectivity index (χ3v) is 3.20. The lowest BCUT2D eigenvalue weighted by Crippen LogP contribution is -2.18. The number of hydrogen-bond donors (Lipinski definition) is 1. The summed E-state index contributed by atoms with van der Waals surface area (Å²) in [4.78, 5) is 6.46.